The normalized spacial score (nSPS) is 20.7. The number of hydrogen-bond acceptors (Lipinski definition) is 4. The fraction of sp³-hybridized carbons (Fsp3) is 0.500. The van der Waals surface area contributed by atoms with Crippen LogP contribution in [0.15, 0.2) is 22.9 Å². The zero-order chi connectivity index (χ0) is 13.0. The zero-order valence-electron chi connectivity index (χ0n) is 10.2. The van der Waals surface area contributed by atoms with Gasteiger partial charge in [0, 0.05) is 31.4 Å². The van der Waals surface area contributed by atoms with Gasteiger partial charge in [0.25, 0.3) is 5.91 Å². The number of carbonyl (C=O) groups is 1. The molecule has 2 rings (SSSR count). The van der Waals surface area contributed by atoms with Crippen LogP contribution in [-0.2, 0) is 4.74 Å². The molecule has 0 spiro atoms. The molecule has 1 aliphatic heterocycles. The van der Waals surface area contributed by atoms with Crippen LogP contribution >= 0.6 is 15.9 Å². The van der Waals surface area contributed by atoms with Crippen LogP contribution in [0.25, 0.3) is 0 Å². The van der Waals surface area contributed by atoms with E-state index >= 15 is 0 Å². The molecule has 0 bridgehead atoms. The summed E-state index contributed by atoms with van der Waals surface area (Å²) in [5.41, 5.74) is 0.598. The first-order valence-corrected chi connectivity index (χ1v) is 6.64. The van der Waals surface area contributed by atoms with E-state index in [-0.39, 0.29) is 12.0 Å². The van der Waals surface area contributed by atoms with Crippen LogP contribution in [0.5, 0.6) is 0 Å². The summed E-state index contributed by atoms with van der Waals surface area (Å²) in [5.74, 6) is -0.102. The summed E-state index contributed by atoms with van der Waals surface area (Å²) in [6.45, 7) is 3.04. The molecule has 1 fully saturated rings. The van der Waals surface area contributed by atoms with Gasteiger partial charge in [-0.05, 0) is 35.1 Å². The number of amides is 1. The Labute approximate surface area is 115 Å². The molecule has 2 heterocycles. The van der Waals surface area contributed by atoms with Crippen LogP contribution in [0, 0.1) is 0 Å². The number of likely N-dealkylation sites (N-methyl/N-ethyl adjacent to an activating group) is 1. The number of pyridine rings is 1. The standard InChI is InChI=1S/C12H16BrN3O2/c1-16-4-5-18-10(8-16)7-15-12(17)9-2-3-14-11(13)6-9/h2-3,6,10H,4-5,7-8H2,1H3,(H,15,17). The molecule has 0 aliphatic carbocycles. The minimum Gasteiger partial charge on any atom is -0.374 e. The van der Waals surface area contributed by atoms with E-state index in [9.17, 15) is 4.79 Å². The molecule has 1 aromatic rings. The molecule has 1 N–H and O–H groups in total. The van der Waals surface area contributed by atoms with E-state index in [0.717, 1.165) is 19.7 Å². The van der Waals surface area contributed by atoms with Gasteiger partial charge in [0.2, 0.25) is 0 Å². The third kappa shape index (κ3) is 3.76. The average Bonchev–Trinajstić information content (AvgIpc) is 2.36. The topological polar surface area (TPSA) is 54.5 Å². The van der Waals surface area contributed by atoms with Gasteiger partial charge in [-0.15, -0.1) is 0 Å². The Hall–Kier alpha value is -0.980. The van der Waals surface area contributed by atoms with E-state index < -0.39 is 0 Å². The maximum absolute atomic E-state index is 11.9. The minimum atomic E-state index is -0.102. The molecule has 5 nitrogen and oxygen atoms in total. The average molecular weight is 314 g/mol. The lowest BCUT2D eigenvalue weighted by molar-refractivity contribution is -0.0175. The van der Waals surface area contributed by atoms with Crippen molar-refractivity contribution in [2.45, 2.75) is 6.10 Å². The molecular formula is C12H16BrN3O2. The van der Waals surface area contributed by atoms with E-state index in [1.807, 2.05) is 0 Å². The summed E-state index contributed by atoms with van der Waals surface area (Å²) in [4.78, 5) is 18.1. The van der Waals surface area contributed by atoms with E-state index in [1.54, 1.807) is 18.3 Å². The van der Waals surface area contributed by atoms with Gasteiger partial charge < -0.3 is 15.0 Å². The van der Waals surface area contributed by atoms with Gasteiger partial charge in [-0.25, -0.2) is 4.98 Å². The largest absolute Gasteiger partial charge is 0.374 e. The number of ether oxygens (including phenoxy) is 1. The number of rotatable bonds is 3. The molecule has 1 aliphatic rings. The van der Waals surface area contributed by atoms with Gasteiger partial charge in [-0.2, -0.15) is 0 Å². The minimum absolute atomic E-state index is 0.0676. The van der Waals surface area contributed by atoms with Crippen LogP contribution in [-0.4, -0.2) is 55.2 Å². The van der Waals surface area contributed by atoms with Crippen LogP contribution in [0.3, 0.4) is 0 Å². The summed E-state index contributed by atoms with van der Waals surface area (Å²) in [6, 6.07) is 3.39. The second kappa shape index (κ2) is 6.26. The third-order valence-electron chi connectivity index (χ3n) is 2.82. The number of morpholine rings is 1. The smallest absolute Gasteiger partial charge is 0.251 e. The Kier molecular flexibility index (Phi) is 4.68. The Balaban J connectivity index is 1.84. The number of halogens is 1. The molecule has 0 aromatic carbocycles. The van der Waals surface area contributed by atoms with Gasteiger partial charge in [0.15, 0.2) is 0 Å². The summed E-state index contributed by atoms with van der Waals surface area (Å²) < 4.78 is 6.24. The molecule has 98 valence electrons. The second-order valence-corrected chi connectivity index (χ2v) is 5.14. The van der Waals surface area contributed by atoms with Crippen molar-refractivity contribution >= 4 is 21.8 Å². The fourth-order valence-electron chi connectivity index (χ4n) is 1.84. The molecule has 1 aromatic heterocycles. The van der Waals surface area contributed by atoms with Crippen molar-refractivity contribution in [1.82, 2.24) is 15.2 Å². The van der Waals surface area contributed by atoms with Gasteiger partial charge in [0.1, 0.15) is 4.60 Å². The molecule has 1 atom stereocenters. The number of nitrogens with zero attached hydrogens (tertiary/aromatic N) is 2. The molecule has 0 saturated carbocycles. The molecule has 1 amide bonds. The van der Waals surface area contributed by atoms with Crippen molar-refractivity contribution in [3.8, 4) is 0 Å². The molecule has 18 heavy (non-hydrogen) atoms. The summed E-state index contributed by atoms with van der Waals surface area (Å²) in [5, 5.41) is 2.88. The lowest BCUT2D eigenvalue weighted by Gasteiger charge is -2.30. The fourth-order valence-corrected chi connectivity index (χ4v) is 2.21. The zero-order valence-corrected chi connectivity index (χ0v) is 11.8. The summed E-state index contributed by atoms with van der Waals surface area (Å²) in [6.07, 6.45) is 1.67. The highest BCUT2D eigenvalue weighted by Crippen LogP contribution is 2.08. The first kappa shape index (κ1) is 13.5. The van der Waals surface area contributed by atoms with Crippen LogP contribution < -0.4 is 5.32 Å². The van der Waals surface area contributed by atoms with Gasteiger partial charge >= 0.3 is 0 Å². The SMILES string of the molecule is CN1CCOC(CNC(=O)c2ccnc(Br)c2)C1. The van der Waals surface area contributed by atoms with Crippen LogP contribution in [0.2, 0.25) is 0 Å². The second-order valence-electron chi connectivity index (χ2n) is 4.33. The van der Waals surface area contributed by atoms with Gasteiger partial charge in [-0.3, -0.25) is 4.79 Å². The number of aromatic nitrogens is 1. The maximum atomic E-state index is 11.9. The van der Waals surface area contributed by atoms with Gasteiger partial charge in [-0.1, -0.05) is 0 Å². The van der Waals surface area contributed by atoms with Crippen molar-refractivity contribution in [3.63, 3.8) is 0 Å². The van der Waals surface area contributed by atoms with E-state index in [0.29, 0.717) is 16.7 Å². The van der Waals surface area contributed by atoms with Gasteiger partial charge in [0.05, 0.1) is 12.7 Å². The molecule has 0 radical (unpaired) electrons. The van der Waals surface area contributed by atoms with Crippen molar-refractivity contribution < 1.29 is 9.53 Å². The van der Waals surface area contributed by atoms with Crippen molar-refractivity contribution in [2.75, 3.05) is 33.3 Å². The molecule has 1 unspecified atom stereocenters. The van der Waals surface area contributed by atoms with Crippen LogP contribution in [0.1, 0.15) is 10.4 Å². The molecular weight excluding hydrogens is 298 g/mol. The van der Waals surface area contributed by atoms with Crippen molar-refractivity contribution in [2.24, 2.45) is 0 Å². The third-order valence-corrected chi connectivity index (χ3v) is 3.25. The molecule has 1 saturated heterocycles. The Morgan fingerprint density at radius 1 is 1.72 bits per heavy atom. The Bertz CT molecular complexity index is 428. The summed E-state index contributed by atoms with van der Waals surface area (Å²) >= 11 is 3.24. The highest BCUT2D eigenvalue weighted by atomic mass is 79.9. The number of nitrogens with one attached hydrogen (secondary N) is 1. The highest BCUT2D eigenvalue weighted by Gasteiger charge is 2.18. The Morgan fingerprint density at radius 2 is 2.56 bits per heavy atom. The lowest BCUT2D eigenvalue weighted by Crippen LogP contribution is -2.45. The number of carbonyl (C=O) groups excluding carboxylic acids is 1. The highest BCUT2D eigenvalue weighted by molar-refractivity contribution is 9.10. The monoisotopic (exact) mass is 313 g/mol. The van der Waals surface area contributed by atoms with E-state index in [2.05, 4.69) is 38.2 Å². The van der Waals surface area contributed by atoms with E-state index in [4.69, 9.17) is 4.74 Å². The quantitative estimate of drug-likeness (QED) is 0.843. The Morgan fingerprint density at radius 3 is 3.28 bits per heavy atom. The maximum Gasteiger partial charge on any atom is 0.251 e. The lowest BCUT2D eigenvalue weighted by atomic mass is 10.2. The summed E-state index contributed by atoms with van der Waals surface area (Å²) in [7, 11) is 2.05. The van der Waals surface area contributed by atoms with Crippen molar-refractivity contribution in [1.29, 1.82) is 0 Å². The molecule has 6 heteroatoms. The predicted octanol–water partition coefficient (Wildman–Crippen LogP) is 0.904. The van der Waals surface area contributed by atoms with E-state index in [1.165, 1.54) is 0 Å². The number of hydrogen-bond donors (Lipinski definition) is 1. The van der Waals surface area contributed by atoms with Crippen LogP contribution in [0.4, 0.5) is 0 Å². The predicted molar refractivity (Wildman–Crippen MR) is 71.5 cm³/mol. The first-order valence-electron chi connectivity index (χ1n) is 5.85. The van der Waals surface area contributed by atoms with Crippen molar-refractivity contribution in [3.05, 3.63) is 28.5 Å². The first-order chi connectivity index (χ1) is 8.65.